The number of carbonyl (C=O) groups excluding carboxylic acids is 1. The van der Waals surface area contributed by atoms with Crippen LogP contribution in [0.3, 0.4) is 0 Å². The van der Waals surface area contributed by atoms with E-state index in [0.29, 0.717) is 5.78 Å². The quantitative estimate of drug-likeness (QED) is 0.733. The third-order valence-electron chi connectivity index (χ3n) is 3.90. The normalized spacial score (nSPS) is 19.9. The predicted molar refractivity (Wildman–Crippen MR) is 72.2 cm³/mol. The van der Waals surface area contributed by atoms with E-state index in [1.165, 1.54) is 19.4 Å². The molecule has 1 fully saturated rings. The molecule has 100 valence electrons. The first-order chi connectivity index (χ1) is 7.81. The molecule has 3 nitrogen and oxygen atoms in total. The van der Waals surface area contributed by atoms with Gasteiger partial charge in [0, 0.05) is 18.5 Å². The van der Waals surface area contributed by atoms with Crippen LogP contribution in [-0.2, 0) is 4.79 Å². The summed E-state index contributed by atoms with van der Waals surface area (Å²) in [5, 5.41) is 0. The van der Waals surface area contributed by atoms with Crippen LogP contribution in [0.1, 0.15) is 33.6 Å². The highest BCUT2D eigenvalue weighted by molar-refractivity contribution is 5.81. The van der Waals surface area contributed by atoms with Crippen molar-refractivity contribution in [1.29, 1.82) is 0 Å². The van der Waals surface area contributed by atoms with E-state index in [2.05, 4.69) is 37.7 Å². The fourth-order valence-corrected chi connectivity index (χ4v) is 2.51. The second-order valence-electron chi connectivity index (χ2n) is 6.42. The number of carbonyl (C=O) groups is 1. The van der Waals surface area contributed by atoms with Gasteiger partial charge < -0.3 is 9.80 Å². The second-order valence-corrected chi connectivity index (χ2v) is 6.42. The smallest absolute Gasteiger partial charge is 0.136 e. The van der Waals surface area contributed by atoms with Crippen molar-refractivity contribution >= 4 is 5.78 Å². The van der Waals surface area contributed by atoms with E-state index in [1.807, 2.05) is 0 Å². The number of hydrogen-bond donors (Lipinski definition) is 0. The van der Waals surface area contributed by atoms with Gasteiger partial charge >= 0.3 is 0 Å². The maximum absolute atomic E-state index is 11.5. The molecule has 1 saturated heterocycles. The molecule has 0 aromatic heterocycles. The van der Waals surface area contributed by atoms with Gasteiger partial charge in [0.2, 0.25) is 0 Å². The Hall–Kier alpha value is -0.410. The zero-order valence-corrected chi connectivity index (χ0v) is 12.1. The molecule has 1 aliphatic rings. The van der Waals surface area contributed by atoms with E-state index < -0.39 is 0 Å². The van der Waals surface area contributed by atoms with Gasteiger partial charge in [0.25, 0.3) is 0 Å². The molecule has 1 aliphatic heterocycles. The van der Waals surface area contributed by atoms with Gasteiger partial charge in [0.05, 0.1) is 0 Å². The number of rotatable bonds is 5. The van der Waals surface area contributed by atoms with Crippen LogP contribution in [0, 0.1) is 11.3 Å². The highest BCUT2D eigenvalue weighted by atomic mass is 16.1. The lowest BCUT2D eigenvalue weighted by Crippen LogP contribution is -2.43. The third-order valence-corrected chi connectivity index (χ3v) is 3.90. The molecule has 17 heavy (non-hydrogen) atoms. The maximum Gasteiger partial charge on any atom is 0.136 e. The monoisotopic (exact) mass is 240 g/mol. The fourth-order valence-electron chi connectivity index (χ4n) is 2.51. The molecule has 0 N–H and O–H groups in total. The number of likely N-dealkylation sites (tertiary alicyclic amines) is 1. The molecule has 3 heteroatoms. The summed E-state index contributed by atoms with van der Waals surface area (Å²) in [6.45, 7) is 10.2. The van der Waals surface area contributed by atoms with Crippen LogP contribution in [0.4, 0.5) is 0 Å². The lowest BCUT2D eigenvalue weighted by atomic mass is 9.87. The van der Waals surface area contributed by atoms with Crippen molar-refractivity contribution in [1.82, 2.24) is 9.80 Å². The largest absolute Gasteiger partial charge is 0.309 e. The van der Waals surface area contributed by atoms with Gasteiger partial charge in [-0.3, -0.25) is 4.79 Å². The van der Waals surface area contributed by atoms with Crippen molar-refractivity contribution in [3.8, 4) is 0 Å². The van der Waals surface area contributed by atoms with E-state index in [-0.39, 0.29) is 5.41 Å². The van der Waals surface area contributed by atoms with E-state index >= 15 is 0 Å². The summed E-state index contributed by atoms with van der Waals surface area (Å²) in [5.41, 5.74) is -0.186. The lowest BCUT2D eigenvalue weighted by molar-refractivity contribution is -0.126. The predicted octanol–water partition coefficient (Wildman–Crippen LogP) is 1.88. The molecule has 0 aliphatic carbocycles. The van der Waals surface area contributed by atoms with Crippen molar-refractivity contribution in [2.24, 2.45) is 11.3 Å². The summed E-state index contributed by atoms with van der Waals surface area (Å²) in [5.74, 6) is 1.13. The fraction of sp³-hybridized carbons (Fsp3) is 0.929. The Morgan fingerprint density at radius 1 is 1.29 bits per heavy atom. The van der Waals surface area contributed by atoms with Gasteiger partial charge in [-0.2, -0.15) is 0 Å². The van der Waals surface area contributed by atoms with Gasteiger partial charge in [-0.05, 0) is 52.9 Å². The van der Waals surface area contributed by atoms with Crippen LogP contribution in [0.15, 0.2) is 0 Å². The Labute approximate surface area is 106 Å². The van der Waals surface area contributed by atoms with Crippen LogP contribution in [0.5, 0.6) is 0 Å². The molecule has 0 aromatic carbocycles. The van der Waals surface area contributed by atoms with Crippen LogP contribution in [-0.4, -0.2) is 55.9 Å². The molecular weight excluding hydrogens is 212 g/mol. The Morgan fingerprint density at radius 2 is 1.82 bits per heavy atom. The average molecular weight is 240 g/mol. The molecule has 0 spiro atoms. The summed E-state index contributed by atoms with van der Waals surface area (Å²) in [6, 6.07) is 0. The van der Waals surface area contributed by atoms with Gasteiger partial charge in [0.1, 0.15) is 5.78 Å². The van der Waals surface area contributed by atoms with Gasteiger partial charge in [-0.1, -0.05) is 13.8 Å². The van der Waals surface area contributed by atoms with Crippen molar-refractivity contribution in [3.05, 3.63) is 0 Å². The highest BCUT2D eigenvalue weighted by Gasteiger charge is 2.28. The molecule has 0 saturated carbocycles. The Balaban J connectivity index is 2.35. The summed E-state index contributed by atoms with van der Waals surface area (Å²) in [4.78, 5) is 16.2. The number of hydrogen-bond acceptors (Lipinski definition) is 3. The van der Waals surface area contributed by atoms with Crippen molar-refractivity contribution in [2.45, 2.75) is 33.6 Å². The minimum atomic E-state index is -0.186. The number of nitrogens with zero attached hydrogens (tertiary/aromatic N) is 2. The summed E-state index contributed by atoms with van der Waals surface area (Å²) >= 11 is 0. The molecule has 0 aromatic rings. The number of Topliss-reactive ketones (excluding diaryl/α,β-unsaturated/α-hetero) is 1. The van der Waals surface area contributed by atoms with Crippen molar-refractivity contribution < 1.29 is 4.79 Å². The minimum Gasteiger partial charge on any atom is -0.309 e. The average Bonchev–Trinajstić information content (AvgIpc) is 2.19. The molecule has 1 heterocycles. The highest BCUT2D eigenvalue weighted by Crippen LogP contribution is 2.23. The van der Waals surface area contributed by atoms with E-state index in [1.54, 1.807) is 6.92 Å². The van der Waals surface area contributed by atoms with Gasteiger partial charge in [-0.15, -0.1) is 0 Å². The molecule has 0 bridgehead atoms. The van der Waals surface area contributed by atoms with Crippen LogP contribution in [0.25, 0.3) is 0 Å². The van der Waals surface area contributed by atoms with Crippen LogP contribution < -0.4 is 0 Å². The lowest BCUT2D eigenvalue weighted by Gasteiger charge is -2.37. The Kier molecular flexibility index (Phi) is 5.14. The van der Waals surface area contributed by atoms with E-state index in [9.17, 15) is 4.79 Å². The molecule has 1 rings (SSSR count). The van der Waals surface area contributed by atoms with Crippen molar-refractivity contribution in [3.63, 3.8) is 0 Å². The summed E-state index contributed by atoms with van der Waals surface area (Å²) < 4.78 is 0. The zero-order chi connectivity index (χ0) is 13.1. The maximum atomic E-state index is 11.5. The topological polar surface area (TPSA) is 23.6 Å². The standard InChI is InChI=1S/C14H28N2O/c1-12(17)14(2,3)11-16-8-6-13(7-9-16)10-15(4)5/h13H,6-11H2,1-5H3. The molecular formula is C14H28N2O. The first-order valence-electron chi connectivity index (χ1n) is 6.69. The number of ketones is 1. The Morgan fingerprint density at radius 3 is 2.24 bits per heavy atom. The van der Waals surface area contributed by atoms with Crippen molar-refractivity contribution in [2.75, 3.05) is 40.3 Å². The summed E-state index contributed by atoms with van der Waals surface area (Å²) in [7, 11) is 4.29. The SMILES string of the molecule is CC(=O)C(C)(C)CN1CCC(CN(C)C)CC1. The van der Waals surface area contributed by atoms with Gasteiger partial charge in [0.15, 0.2) is 0 Å². The molecule has 0 radical (unpaired) electrons. The first-order valence-corrected chi connectivity index (χ1v) is 6.69. The molecule has 0 atom stereocenters. The zero-order valence-electron chi connectivity index (χ0n) is 12.1. The van der Waals surface area contributed by atoms with Crippen LogP contribution in [0.2, 0.25) is 0 Å². The summed E-state index contributed by atoms with van der Waals surface area (Å²) in [6.07, 6.45) is 2.54. The molecule has 0 unspecified atom stereocenters. The van der Waals surface area contributed by atoms with Gasteiger partial charge in [-0.25, -0.2) is 0 Å². The van der Waals surface area contributed by atoms with Crippen LogP contribution >= 0.6 is 0 Å². The minimum absolute atomic E-state index is 0.186. The first kappa shape index (κ1) is 14.7. The third kappa shape index (κ3) is 4.76. The second kappa shape index (κ2) is 5.96. The number of piperidine rings is 1. The van der Waals surface area contributed by atoms with E-state index in [0.717, 1.165) is 25.6 Å². The Bertz CT molecular complexity index is 253. The van der Waals surface area contributed by atoms with E-state index in [4.69, 9.17) is 0 Å². The molecule has 0 amide bonds.